The fourth-order valence-corrected chi connectivity index (χ4v) is 2.14. The molecule has 3 aromatic rings. The highest BCUT2D eigenvalue weighted by Crippen LogP contribution is 2.18. The zero-order valence-electron chi connectivity index (χ0n) is 12.5. The van der Waals surface area contributed by atoms with E-state index in [0.717, 1.165) is 11.4 Å². The van der Waals surface area contributed by atoms with Crippen LogP contribution in [-0.4, -0.2) is 26.5 Å². The lowest BCUT2D eigenvalue weighted by atomic mass is 10.3. The van der Waals surface area contributed by atoms with Crippen molar-refractivity contribution in [2.45, 2.75) is 13.8 Å². The maximum absolute atomic E-state index is 12.0. The van der Waals surface area contributed by atoms with Gasteiger partial charge in [-0.05, 0) is 38.1 Å². The first-order chi connectivity index (χ1) is 10.6. The summed E-state index contributed by atoms with van der Waals surface area (Å²) in [5, 5.41) is 3.09. The third-order valence-electron chi connectivity index (χ3n) is 3.17. The van der Waals surface area contributed by atoms with Gasteiger partial charge >= 0.3 is 0 Å². The molecule has 1 aromatic carbocycles. The lowest BCUT2D eigenvalue weighted by molar-refractivity contribution is 0.415. The Morgan fingerprint density at radius 1 is 1.09 bits per heavy atom. The molecule has 0 unspecified atom stereocenters. The molecule has 0 saturated carbocycles. The van der Waals surface area contributed by atoms with Crippen LogP contribution in [0.25, 0.3) is 5.78 Å². The minimum absolute atomic E-state index is 0.184. The molecule has 7 heteroatoms. The van der Waals surface area contributed by atoms with Crippen molar-refractivity contribution in [3.8, 4) is 5.75 Å². The van der Waals surface area contributed by atoms with Crippen LogP contribution in [0.1, 0.15) is 11.5 Å². The van der Waals surface area contributed by atoms with Crippen LogP contribution < -0.4 is 15.6 Å². The van der Waals surface area contributed by atoms with Crippen LogP contribution in [0.4, 0.5) is 11.6 Å². The van der Waals surface area contributed by atoms with Gasteiger partial charge in [-0.25, -0.2) is 9.38 Å². The zero-order chi connectivity index (χ0) is 15.7. The molecule has 0 fully saturated rings. The number of ether oxygens (including phenoxy) is 1. The molecule has 0 amide bonds. The van der Waals surface area contributed by atoms with Gasteiger partial charge in [-0.1, -0.05) is 0 Å². The van der Waals surface area contributed by atoms with E-state index in [1.165, 1.54) is 10.5 Å². The summed E-state index contributed by atoms with van der Waals surface area (Å²) in [4.78, 5) is 24.8. The van der Waals surface area contributed by atoms with Gasteiger partial charge in [0.15, 0.2) is 0 Å². The lowest BCUT2D eigenvalue weighted by Gasteiger charge is -2.09. The van der Waals surface area contributed by atoms with E-state index in [2.05, 4.69) is 20.3 Å². The molecule has 0 aliphatic rings. The van der Waals surface area contributed by atoms with E-state index in [-0.39, 0.29) is 5.56 Å². The van der Waals surface area contributed by atoms with Gasteiger partial charge in [-0.2, -0.15) is 9.97 Å². The third-order valence-corrected chi connectivity index (χ3v) is 3.17. The number of hydrogen-bond acceptors (Lipinski definition) is 6. The van der Waals surface area contributed by atoms with Crippen molar-refractivity contribution in [2.75, 3.05) is 12.4 Å². The molecule has 3 rings (SSSR count). The molecule has 0 aliphatic heterocycles. The van der Waals surface area contributed by atoms with Crippen molar-refractivity contribution in [1.29, 1.82) is 0 Å². The zero-order valence-corrected chi connectivity index (χ0v) is 12.5. The number of methoxy groups -OCH3 is 1. The Hall–Kier alpha value is -2.96. The molecule has 22 heavy (non-hydrogen) atoms. The number of nitrogens with one attached hydrogen (secondary N) is 1. The van der Waals surface area contributed by atoms with Crippen LogP contribution in [0.5, 0.6) is 5.75 Å². The highest BCUT2D eigenvalue weighted by Gasteiger charge is 2.08. The average molecular weight is 297 g/mol. The summed E-state index contributed by atoms with van der Waals surface area (Å²) < 4.78 is 6.50. The fraction of sp³-hybridized carbons (Fsp3) is 0.200. The van der Waals surface area contributed by atoms with Gasteiger partial charge in [-0.3, -0.25) is 4.79 Å². The van der Waals surface area contributed by atoms with Crippen LogP contribution in [-0.2, 0) is 0 Å². The number of fused-ring (bicyclic) bond motifs is 1. The second-order valence-electron chi connectivity index (χ2n) is 4.82. The summed E-state index contributed by atoms with van der Waals surface area (Å²) in [6, 6.07) is 8.85. The van der Waals surface area contributed by atoms with E-state index >= 15 is 0 Å². The molecule has 0 aliphatic carbocycles. The predicted molar refractivity (Wildman–Crippen MR) is 82.8 cm³/mol. The van der Waals surface area contributed by atoms with Crippen molar-refractivity contribution < 1.29 is 4.74 Å². The lowest BCUT2D eigenvalue weighted by Crippen LogP contribution is -2.20. The molecule has 0 atom stereocenters. The smallest absolute Gasteiger partial charge is 0.260 e. The van der Waals surface area contributed by atoms with Gasteiger partial charge in [-0.15, -0.1) is 0 Å². The summed E-state index contributed by atoms with van der Waals surface area (Å²) in [7, 11) is 1.62. The summed E-state index contributed by atoms with van der Waals surface area (Å²) in [5.41, 5.74) is 1.26. The first kappa shape index (κ1) is 14.0. The van der Waals surface area contributed by atoms with Crippen LogP contribution in [0, 0.1) is 13.8 Å². The summed E-state index contributed by atoms with van der Waals surface area (Å²) in [5.74, 6) is 2.01. The van der Waals surface area contributed by atoms with Crippen LogP contribution in [0.2, 0.25) is 0 Å². The summed E-state index contributed by atoms with van der Waals surface area (Å²) in [6.45, 7) is 3.50. The van der Waals surface area contributed by atoms with Crippen LogP contribution >= 0.6 is 0 Å². The molecule has 0 radical (unpaired) electrons. The van der Waals surface area contributed by atoms with E-state index in [1.807, 2.05) is 24.3 Å². The van der Waals surface area contributed by atoms with Crippen molar-refractivity contribution in [3.63, 3.8) is 0 Å². The second kappa shape index (κ2) is 5.44. The third kappa shape index (κ3) is 2.60. The Morgan fingerprint density at radius 2 is 1.82 bits per heavy atom. The normalized spacial score (nSPS) is 10.7. The summed E-state index contributed by atoms with van der Waals surface area (Å²) in [6.07, 6.45) is 0. The molecule has 0 spiro atoms. The maximum Gasteiger partial charge on any atom is 0.260 e. The Bertz CT molecular complexity index is 887. The molecule has 2 heterocycles. The van der Waals surface area contributed by atoms with Crippen LogP contribution in [0.3, 0.4) is 0 Å². The van der Waals surface area contributed by atoms with Gasteiger partial charge in [0.05, 0.1) is 7.11 Å². The Labute approximate surface area is 126 Å². The van der Waals surface area contributed by atoms with Crippen molar-refractivity contribution in [1.82, 2.24) is 19.4 Å². The largest absolute Gasteiger partial charge is 0.497 e. The van der Waals surface area contributed by atoms with Gasteiger partial charge in [0.25, 0.3) is 5.56 Å². The quantitative estimate of drug-likeness (QED) is 0.794. The van der Waals surface area contributed by atoms with Crippen molar-refractivity contribution in [3.05, 3.63) is 52.2 Å². The van der Waals surface area contributed by atoms with E-state index < -0.39 is 0 Å². The number of anilines is 2. The number of nitrogens with zero attached hydrogens (tertiary/aromatic N) is 4. The SMILES string of the molecule is COc1ccc(Nc2nc(C)n3c(=O)cc(C)nc3n2)cc1. The molecular weight excluding hydrogens is 282 g/mol. The van der Waals surface area contributed by atoms with Gasteiger partial charge in [0.1, 0.15) is 11.6 Å². The molecule has 112 valence electrons. The number of aryl methyl sites for hydroxylation is 2. The molecule has 0 saturated heterocycles. The van der Waals surface area contributed by atoms with Crippen LogP contribution in [0.15, 0.2) is 35.1 Å². The highest BCUT2D eigenvalue weighted by atomic mass is 16.5. The number of hydrogen-bond donors (Lipinski definition) is 1. The van der Waals surface area contributed by atoms with Crippen molar-refractivity contribution >= 4 is 17.4 Å². The fourth-order valence-electron chi connectivity index (χ4n) is 2.14. The van der Waals surface area contributed by atoms with Crippen molar-refractivity contribution in [2.24, 2.45) is 0 Å². The molecular formula is C15H15N5O2. The minimum Gasteiger partial charge on any atom is -0.497 e. The number of aromatic nitrogens is 4. The Morgan fingerprint density at radius 3 is 2.50 bits per heavy atom. The van der Waals surface area contributed by atoms with E-state index in [1.54, 1.807) is 21.0 Å². The summed E-state index contributed by atoms with van der Waals surface area (Å²) >= 11 is 0. The first-order valence-electron chi connectivity index (χ1n) is 6.73. The van der Waals surface area contributed by atoms with E-state index in [0.29, 0.717) is 23.2 Å². The number of benzene rings is 1. The first-order valence-corrected chi connectivity index (χ1v) is 6.73. The van der Waals surface area contributed by atoms with Gasteiger partial charge in [0, 0.05) is 17.4 Å². The van der Waals surface area contributed by atoms with Gasteiger partial charge < -0.3 is 10.1 Å². The van der Waals surface area contributed by atoms with E-state index in [4.69, 9.17) is 4.74 Å². The predicted octanol–water partition coefficient (Wildman–Crippen LogP) is 1.85. The molecule has 7 nitrogen and oxygen atoms in total. The molecule has 0 bridgehead atoms. The minimum atomic E-state index is -0.184. The number of rotatable bonds is 3. The average Bonchev–Trinajstić information content (AvgIpc) is 2.46. The monoisotopic (exact) mass is 297 g/mol. The second-order valence-corrected chi connectivity index (χ2v) is 4.82. The molecule has 1 N–H and O–H groups in total. The van der Waals surface area contributed by atoms with E-state index in [9.17, 15) is 4.79 Å². The molecule has 2 aromatic heterocycles. The standard InChI is InChI=1S/C15H15N5O2/c1-9-8-13(21)20-10(2)17-14(19-15(20)16-9)18-11-4-6-12(22-3)7-5-11/h4-8H,1-3H3,(H,16,18,19). The highest BCUT2D eigenvalue weighted by molar-refractivity contribution is 5.55. The topological polar surface area (TPSA) is 81.4 Å². The Balaban J connectivity index is 2.02. The van der Waals surface area contributed by atoms with Gasteiger partial charge in [0.2, 0.25) is 11.7 Å². The maximum atomic E-state index is 12.0. The Kier molecular flexibility index (Phi) is 3.46.